The van der Waals surface area contributed by atoms with Gasteiger partial charge in [0.25, 0.3) is 5.91 Å². The highest BCUT2D eigenvalue weighted by Gasteiger charge is 2.40. The molecule has 1 aliphatic carbocycles. The van der Waals surface area contributed by atoms with Crippen LogP contribution in [0.15, 0.2) is 16.8 Å². The maximum absolute atomic E-state index is 11.4. The third-order valence-corrected chi connectivity index (χ3v) is 2.73. The van der Waals surface area contributed by atoms with E-state index in [0.717, 1.165) is 12.8 Å². The molecule has 1 saturated carbocycles. The fourth-order valence-corrected chi connectivity index (χ4v) is 1.53. The van der Waals surface area contributed by atoms with E-state index in [2.05, 4.69) is 10.5 Å². The molecular weight excluding hydrogens is 196 g/mol. The van der Waals surface area contributed by atoms with Gasteiger partial charge in [-0.05, 0) is 25.7 Å². The number of carbonyl (C=O) groups is 1. The van der Waals surface area contributed by atoms with Crippen molar-refractivity contribution in [1.29, 1.82) is 0 Å². The largest absolute Gasteiger partial charge is 0.388 e. The van der Waals surface area contributed by atoms with Crippen molar-refractivity contribution in [2.75, 3.05) is 6.54 Å². The molecule has 0 saturated heterocycles. The minimum Gasteiger partial charge on any atom is -0.388 e. The second-order valence-electron chi connectivity index (χ2n) is 4.19. The topological polar surface area (TPSA) is 75.4 Å². The first-order valence-electron chi connectivity index (χ1n) is 5.01. The second kappa shape index (κ2) is 3.66. The maximum atomic E-state index is 11.4. The summed E-state index contributed by atoms with van der Waals surface area (Å²) in [7, 11) is 0. The van der Waals surface area contributed by atoms with Crippen LogP contribution in [0.5, 0.6) is 0 Å². The Morgan fingerprint density at radius 2 is 2.53 bits per heavy atom. The zero-order valence-electron chi connectivity index (χ0n) is 8.56. The quantitative estimate of drug-likeness (QED) is 0.761. The van der Waals surface area contributed by atoms with Crippen LogP contribution in [0.25, 0.3) is 0 Å². The van der Waals surface area contributed by atoms with Gasteiger partial charge in [-0.1, -0.05) is 5.16 Å². The molecule has 5 nitrogen and oxygen atoms in total. The van der Waals surface area contributed by atoms with Crippen molar-refractivity contribution < 1.29 is 14.4 Å². The Labute approximate surface area is 87.5 Å². The van der Waals surface area contributed by atoms with Crippen LogP contribution in [0, 0.1) is 5.92 Å². The Kier molecular flexibility index (Phi) is 2.48. The fourth-order valence-electron chi connectivity index (χ4n) is 1.53. The lowest BCUT2D eigenvalue weighted by Crippen LogP contribution is -2.42. The number of hydrogen-bond acceptors (Lipinski definition) is 4. The maximum Gasteiger partial charge on any atom is 0.289 e. The Balaban J connectivity index is 1.85. The van der Waals surface area contributed by atoms with E-state index in [9.17, 15) is 9.90 Å². The van der Waals surface area contributed by atoms with Crippen molar-refractivity contribution in [3.05, 3.63) is 18.0 Å². The molecule has 0 spiro atoms. The molecule has 1 atom stereocenters. The number of nitrogens with zero attached hydrogens (tertiary/aromatic N) is 1. The third-order valence-electron chi connectivity index (χ3n) is 2.73. The van der Waals surface area contributed by atoms with Crippen molar-refractivity contribution in [2.45, 2.75) is 25.4 Å². The number of aromatic nitrogens is 1. The summed E-state index contributed by atoms with van der Waals surface area (Å²) >= 11 is 0. The van der Waals surface area contributed by atoms with E-state index in [4.69, 9.17) is 4.52 Å². The van der Waals surface area contributed by atoms with Crippen LogP contribution >= 0.6 is 0 Å². The van der Waals surface area contributed by atoms with Crippen molar-refractivity contribution in [3.63, 3.8) is 0 Å². The van der Waals surface area contributed by atoms with E-state index in [1.807, 2.05) is 0 Å². The summed E-state index contributed by atoms with van der Waals surface area (Å²) in [6.45, 7) is 1.99. The molecule has 1 unspecified atom stereocenters. The lowest BCUT2D eigenvalue weighted by molar-refractivity contribution is 0.0348. The average molecular weight is 210 g/mol. The summed E-state index contributed by atoms with van der Waals surface area (Å²) in [6.07, 6.45) is 3.48. The van der Waals surface area contributed by atoms with Crippen LogP contribution in [-0.2, 0) is 0 Å². The molecule has 2 rings (SSSR count). The van der Waals surface area contributed by atoms with E-state index < -0.39 is 5.60 Å². The number of nitrogens with one attached hydrogen (secondary N) is 1. The summed E-state index contributed by atoms with van der Waals surface area (Å²) in [6, 6.07) is 1.49. The van der Waals surface area contributed by atoms with E-state index in [0.29, 0.717) is 5.92 Å². The molecule has 0 aromatic carbocycles. The Hall–Kier alpha value is -1.36. The van der Waals surface area contributed by atoms with Gasteiger partial charge in [-0.2, -0.15) is 0 Å². The molecule has 1 aliphatic rings. The van der Waals surface area contributed by atoms with Gasteiger partial charge in [-0.3, -0.25) is 4.79 Å². The zero-order chi connectivity index (χ0) is 10.9. The molecule has 1 heterocycles. The third kappa shape index (κ3) is 2.36. The average Bonchev–Trinajstić information content (AvgIpc) is 2.92. The van der Waals surface area contributed by atoms with Crippen LogP contribution in [0.1, 0.15) is 30.3 Å². The Bertz CT molecular complexity index is 342. The Morgan fingerprint density at radius 1 is 1.80 bits per heavy atom. The first kappa shape index (κ1) is 10.2. The van der Waals surface area contributed by atoms with Gasteiger partial charge in [-0.15, -0.1) is 0 Å². The van der Waals surface area contributed by atoms with Gasteiger partial charge in [0.2, 0.25) is 5.76 Å². The van der Waals surface area contributed by atoms with E-state index >= 15 is 0 Å². The molecular formula is C10H14N2O3. The second-order valence-corrected chi connectivity index (χ2v) is 4.19. The standard InChI is InChI=1S/C10H14N2O3/c1-10(14,7-2-3-7)6-11-9(13)8-4-5-12-15-8/h4-5,7,14H,2-3,6H2,1H3,(H,11,13). The van der Waals surface area contributed by atoms with Crippen LogP contribution < -0.4 is 5.32 Å². The number of aliphatic hydroxyl groups is 1. The Morgan fingerprint density at radius 3 is 3.07 bits per heavy atom. The van der Waals surface area contributed by atoms with Gasteiger partial charge >= 0.3 is 0 Å². The van der Waals surface area contributed by atoms with E-state index in [-0.39, 0.29) is 18.2 Å². The van der Waals surface area contributed by atoms with Gasteiger partial charge in [0.1, 0.15) is 0 Å². The van der Waals surface area contributed by atoms with Crippen molar-refractivity contribution >= 4 is 5.91 Å². The number of carbonyl (C=O) groups excluding carboxylic acids is 1. The SMILES string of the molecule is CC(O)(CNC(=O)c1ccno1)C1CC1. The molecule has 1 fully saturated rings. The summed E-state index contributed by atoms with van der Waals surface area (Å²) in [4.78, 5) is 11.4. The van der Waals surface area contributed by atoms with E-state index in [1.165, 1.54) is 12.3 Å². The molecule has 5 heteroatoms. The molecule has 1 aromatic heterocycles. The normalized spacial score (nSPS) is 19.6. The van der Waals surface area contributed by atoms with E-state index in [1.54, 1.807) is 6.92 Å². The molecule has 2 N–H and O–H groups in total. The molecule has 15 heavy (non-hydrogen) atoms. The minimum atomic E-state index is -0.810. The first-order chi connectivity index (χ1) is 7.09. The minimum absolute atomic E-state index is 0.168. The fraction of sp³-hybridized carbons (Fsp3) is 0.600. The van der Waals surface area contributed by atoms with Crippen molar-refractivity contribution in [1.82, 2.24) is 10.5 Å². The zero-order valence-corrected chi connectivity index (χ0v) is 8.56. The van der Waals surface area contributed by atoms with Gasteiger partial charge in [0.15, 0.2) is 0 Å². The van der Waals surface area contributed by atoms with Gasteiger partial charge in [0.05, 0.1) is 11.8 Å². The molecule has 0 radical (unpaired) electrons. The molecule has 0 aliphatic heterocycles. The predicted molar refractivity (Wildman–Crippen MR) is 52.2 cm³/mol. The first-order valence-corrected chi connectivity index (χ1v) is 5.01. The molecule has 0 bridgehead atoms. The smallest absolute Gasteiger partial charge is 0.289 e. The summed E-state index contributed by atoms with van der Waals surface area (Å²) in [5.74, 6) is 0.141. The van der Waals surface area contributed by atoms with Crippen LogP contribution in [-0.4, -0.2) is 28.3 Å². The highest BCUT2D eigenvalue weighted by atomic mass is 16.5. The predicted octanol–water partition coefficient (Wildman–Crippen LogP) is 0.565. The van der Waals surface area contributed by atoms with Crippen molar-refractivity contribution in [2.24, 2.45) is 5.92 Å². The number of rotatable bonds is 4. The summed E-state index contributed by atoms with van der Waals surface area (Å²) in [5, 5.41) is 16.0. The van der Waals surface area contributed by atoms with Gasteiger partial charge in [-0.25, -0.2) is 0 Å². The lowest BCUT2D eigenvalue weighted by atomic mass is 10.0. The summed E-state index contributed by atoms with van der Waals surface area (Å²) in [5.41, 5.74) is -0.810. The van der Waals surface area contributed by atoms with Crippen LogP contribution in [0.4, 0.5) is 0 Å². The monoisotopic (exact) mass is 210 g/mol. The van der Waals surface area contributed by atoms with Crippen molar-refractivity contribution in [3.8, 4) is 0 Å². The summed E-state index contributed by atoms with van der Waals surface area (Å²) < 4.78 is 4.69. The highest BCUT2D eigenvalue weighted by molar-refractivity contribution is 5.91. The molecule has 1 aromatic rings. The van der Waals surface area contributed by atoms with Crippen LogP contribution in [0.2, 0.25) is 0 Å². The number of hydrogen-bond donors (Lipinski definition) is 2. The number of amides is 1. The highest BCUT2D eigenvalue weighted by Crippen LogP contribution is 2.38. The molecule has 1 amide bonds. The van der Waals surface area contributed by atoms with Gasteiger partial charge in [0, 0.05) is 12.6 Å². The lowest BCUT2D eigenvalue weighted by Gasteiger charge is -2.22. The molecule has 82 valence electrons. The van der Waals surface area contributed by atoms with Gasteiger partial charge < -0.3 is 14.9 Å². The van der Waals surface area contributed by atoms with Crippen LogP contribution in [0.3, 0.4) is 0 Å².